The molecule has 0 bridgehead atoms. The molecule has 0 aliphatic carbocycles. The highest BCUT2D eigenvalue weighted by molar-refractivity contribution is 9.10. The summed E-state index contributed by atoms with van der Waals surface area (Å²) >= 11 is 3.34. The van der Waals surface area contributed by atoms with Crippen molar-refractivity contribution in [2.24, 2.45) is 0 Å². The number of rotatable bonds is 6. The minimum atomic E-state index is -3.58. The quantitative estimate of drug-likeness (QED) is 0.594. The zero-order valence-corrected chi connectivity index (χ0v) is 19.6. The molecule has 10 heteroatoms. The number of hydrogen-bond acceptors (Lipinski definition) is 6. The zero-order chi connectivity index (χ0) is 22.0. The van der Waals surface area contributed by atoms with Gasteiger partial charge in [0.1, 0.15) is 6.54 Å². The molecule has 8 nitrogen and oxygen atoms in total. The number of ether oxygens (including phenoxy) is 2. The Balaban J connectivity index is 1.34. The van der Waals surface area contributed by atoms with Crippen LogP contribution in [-0.4, -0.2) is 69.9 Å². The van der Waals surface area contributed by atoms with Crippen molar-refractivity contribution in [2.45, 2.75) is 6.54 Å². The van der Waals surface area contributed by atoms with Gasteiger partial charge in [0, 0.05) is 37.2 Å². The topological polar surface area (TPSA) is 79.4 Å². The summed E-state index contributed by atoms with van der Waals surface area (Å²) < 4.78 is 37.4. The summed E-state index contributed by atoms with van der Waals surface area (Å²) in [6.07, 6.45) is 1.12. The van der Waals surface area contributed by atoms with Crippen molar-refractivity contribution in [1.82, 2.24) is 9.80 Å². The van der Waals surface area contributed by atoms with Gasteiger partial charge in [-0.25, -0.2) is 8.42 Å². The fourth-order valence-electron chi connectivity index (χ4n) is 3.68. The smallest absolute Gasteiger partial charge is 0.243 e. The molecule has 0 atom stereocenters. The number of carbonyl (C=O) groups excluding carboxylic acids is 1. The third-order valence-electron chi connectivity index (χ3n) is 5.36. The molecule has 1 saturated heterocycles. The molecule has 2 aliphatic rings. The first kappa shape index (κ1) is 21.9. The van der Waals surface area contributed by atoms with Crippen molar-refractivity contribution in [3.05, 3.63) is 52.5 Å². The van der Waals surface area contributed by atoms with E-state index >= 15 is 0 Å². The van der Waals surface area contributed by atoms with E-state index in [1.165, 1.54) is 0 Å². The molecule has 31 heavy (non-hydrogen) atoms. The molecule has 1 fully saturated rings. The summed E-state index contributed by atoms with van der Waals surface area (Å²) in [6.45, 7) is 3.36. The first-order valence-electron chi connectivity index (χ1n) is 9.91. The molecule has 166 valence electrons. The van der Waals surface area contributed by atoms with Gasteiger partial charge in [0.15, 0.2) is 11.5 Å². The summed E-state index contributed by atoms with van der Waals surface area (Å²) in [7, 11) is -3.58. The molecule has 2 aromatic carbocycles. The van der Waals surface area contributed by atoms with Crippen LogP contribution in [0.25, 0.3) is 0 Å². The van der Waals surface area contributed by atoms with Crippen LogP contribution in [0, 0.1) is 0 Å². The van der Waals surface area contributed by atoms with Gasteiger partial charge in [-0.15, -0.1) is 0 Å². The van der Waals surface area contributed by atoms with E-state index in [0.29, 0.717) is 18.8 Å². The molecule has 0 N–H and O–H groups in total. The maximum Gasteiger partial charge on any atom is 0.243 e. The molecule has 0 aromatic heterocycles. The molecule has 0 saturated carbocycles. The van der Waals surface area contributed by atoms with Gasteiger partial charge in [-0.2, -0.15) is 0 Å². The third-order valence-corrected chi connectivity index (χ3v) is 7.03. The van der Waals surface area contributed by atoms with Gasteiger partial charge < -0.3 is 14.4 Å². The monoisotopic (exact) mass is 509 g/mol. The van der Waals surface area contributed by atoms with Crippen LogP contribution in [0.4, 0.5) is 5.69 Å². The van der Waals surface area contributed by atoms with Gasteiger partial charge in [-0.3, -0.25) is 14.0 Å². The van der Waals surface area contributed by atoms with E-state index < -0.39 is 10.0 Å². The van der Waals surface area contributed by atoms with Gasteiger partial charge in [-0.05, 0) is 42.0 Å². The van der Waals surface area contributed by atoms with Crippen LogP contribution in [0.3, 0.4) is 0 Å². The number of hydrogen-bond donors (Lipinski definition) is 0. The van der Waals surface area contributed by atoms with Crippen LogP contribution in [0.2, 0.25) is 0 Å². The summed E-state index contributed by atoms with van der Waals surface area (Å²) in [5.41, 5.74) is 1.60. The second-order valence-corrected chi connectivity index (χ2v) is 10.4. The average Bonchev–Trinajstić information content (AvgIpc) is 3.20. The maximum absolute atomic E-state index is 12.8. The number of sulfonamides is 1. The number of nitrogens with zero attached hydrogens (tertiary/aromatic N) is 3. The molecule has 2 aromatic rings. The highest BCUT2D eigenvalue weighted by Gasteiger charge is 2.27. The van der Waals surface area contributed by atoms with Crippen LogP contribution >= 0.6 is 15.9 Å². The summed E-state index contributed by atoms with van der Waals surface area (Å²) in [6, 6.07) is 12.8. The van der Waals surface area contributed by atoms with E-state index in [0.717, 1.165) is 51.7 Å². The number of halogens is 1. The maximum atomic E-state index is 12.8. The molecule has 0 spiro atoms. The number of piperazine rings is 1. The predicted molar refractivity (Wildman–Crippen MR) is 121 cm³/mol. The number of amides is 1. The Morgan fingerprint density at radius 2 is 1.71 bits per heavy atom. The molecular formula is C21H24BrN3O5S. The fraction of sp³-hybridized carbons (Fsp3) is 0.381. The highest BCUT2D eigenvalue weighted by atomic mass is 79.9. The zero-order valence-electron chi connectivity index (χ0n) is 17.2. The van der Waals surface area contributed by atoms with Crippen molar-refractivity contribution in [1.29, 1.82) is 0 Å². The fourth-order valence-corrected chi connectivity index (χ4v) is 4.80. The van der Waals surface area contributed by atoms with Gasteiger partial charge >= 0.3 is 0 Å². The lowest BCUT2D eigenvalue weighted by Crippen LogP contribution is -2.51. The van der Waals surface area contributed by atoms with Crippen molar-refractivity contribution >= 4 is 37.5 Å². The first-order valence-corrected chi connectivity index (χ1v) is 12.6. The minimum absolute atomic E-state index is 0.198. The first-order chi connectivity index (χ1) is 14.8. The Bertz CT molecular complexity index is 1050. The average molecular weight is 510 g/mol. The second kappa shape index (κ2) is 9.05. The van der Waals surface area contributed by atoms with E-state index in [-0.39, 0.29) is 19.2 Å². The summed E-state index contributed by atoms with van der Waals surface area (Å²) in [5, 5.41) is 0. The third kappa shape index (κ3) is 5.31. The molecule has 2 aliphatic heterocycles. The Morgan fingerprint density at radius 3 is 2.39 bits per heavy atom. The lowest BCUT2D eigenvalue weighted by molar-refractivity contribution is -0.131. The van der Waals surface area contributed by atoms with Crippen LogP contribution in [-0.2, 0) is 21.4 Å². The van der Waals surface area contributed by atoms with Crippen molar-refractivity contribution in [3.63, 3.8) is 0 Å². The predicted octanol–water partition coefficient (Wildman–Crippen LogP) is 2.29. The van der Waals surface area contributed by atoms with Crippen molar-refractivity contribution in [2.75, 3.05) is 50.1 Å². The van der Waals surface area contributed by atoms with E-state index in [4.69, 9.17) is 9.47 Å². The van der Waals surface area contributed by atoms with Gasteiger partial charge in [0.2, 0.25) is 22.7 Å². The summed E-state index contributed by atoms with van der Waals surface area (Å²) in [4.78, 5) is 16.8. The molecular weight excluding hydrogens is 486 g/mol. The number of carbonyl (C=O) groups is 1. The van der Waals surface area contributed by atoms with Gasteiger partial charge in [0.05, 0.1) is 11.9 Å². The van der Waals surface area contributed by atoms with Crippen molar-refractivity contribution < 1.29 is 22.7 Å². The minimum Gasteiger partial charge on any atom is -0.454 e. The van der Waals surface area contributed by atoms with E-state index in [9.17, 15) is 13.2 Å². The molecule has 0 radical (unpaired) electrons. The lowest BCUT2D eigenvalue weighted by atomic mass is 10.1. The van der Waals surface area contributed by atoms with Gasteiger partial charge in [-0.1, -0.05) is 22.0 Å². The number of fused-ring (bicyclic) bond motifs is 1. The SMILES string of the molecule is CS(=O)(=O)N(CC(=O)N1CCN(Cc2ccc3c(c2)OCO3)CC1)c1ccc(Br)cc1. The molecule has 0 unspecified atom stereocenters. The van der Waals surface area contributed by atoms with E-state index in [1.54, 1.807) is 29.2 Å². The van der Waals surface area contributed by atoms with Crippen LogP contribution in [0.5, 0.6) is 11.5 Å². The Morgan fingerprint density at radius 1 is 1.03 bits per heavy atom. The molecule has 4 rings (SSSR count). The summed E-state index contributed by atoms with van der Waals surface area (Å²) in [5.74, 6) is 1.33. The standard InChI is InChI=1S/C21H24BrN3O5S/c1-31(27,28)25(18-5-3-17(22)4-6-18)14-21(26)24-10-8-23(9-11-24)13-16-2-7-19-20(12-16)30-15-29-19/h2-7,12H,8-11,13-15H2,1H3. The number of anilines is 1. The number of benzene rings is 2. The Hall–Kier alpha value is -2.30. The molecule has 2 heterocycles. The van der Waals surface area contributed by atoms with E-state index in [2.05, 4.69) is 20.8 Å². The van der Waals surface area contributed by atoms with Gasteiger partial charge in [0.25, 0.3) is 0 Å². The Labute approximate surface area is 190 Å². The largest absolute Gasteiger partial charge is 0.454 e. The lowest BCUT2D eigenvalue weighted by Gasteiger charge is -2.35. The normalized spacial score (nSPS) is 16.4. The van der Waals surface area contributed by atoms with Crippen LogP contribution < -0.4 is 13.8 Å². The van der Waals surface area contributed by atoms with Crippen LogP contribution in [0.1, 0.15) is 5.56 Å². The van der Waals surface area contributed by atoms with Crippen LogP contribution in [0.15, 0.2) is 46.9 Å². The second-order valence-electron chi connectivity index (χ2n) is 7.59. The van der Waals surface area contributed by atoms with E-state index in [1.807, 2.05) is 18.2 Å². The highest BCUT2D eigenvalue weighted by Crippen LogP contribution is 2.32. The van der Waals surface area contributed by atoms with Crippen molar-refractivity contribution in [3.8, 4) is 11.5 Å². The molecule has 1 amide bonds. The Kier molecular flexibility index (Phi) is 6.40.